The van der Waals surface area contributed by atoms with E-state index in [0.29, 0.717) is 5.70 Å². The zero-order valence-electron chi connectivity index (χ0n) is 6.67. The second-order valence-corrected chi connectivity index (χ2v) is 1.87. The highest BCUT2D eigenvalue weighted by molar-refractivity contribution is 5.37. The van der Waals surface area contributed by atoms with Crippen LogP contribution in [0.4, 0.5) is 0 Å². The first-order valence-corrected chi connectivity index (χ1v) is 3.20. The molecular formula is C8H13N3. The molecule has 0 rings (SSSR count). The van der Waals surface area contributed by atoms with Gasteiger partial charge in [0.2, 0.25) is 0 Å². The van der Waals surface area contributed by atoms with E-state index in [9.17, 15) is 0 Å². The van der Waals surface area contributed by atoms with Gasteiger partial charge in [0.1, 0.15) is 0 Å². The van der Waals surface area contributed by atoms with Crippen molar-refractivity contribution in [3.05, 3.63) is 36.2 Å². The van der Waals surface area contributed by atoms with E-state index in [4.69, 9.17) is 5.84 Å². The quantitative estimate of drug-likeness (QED) is 0.274. The molecule has 0 amide bonds. The molecule has 0 aromatic heterocycles. The Labute approximate surface area is 67.0 Å². The van der Waals surface area contributed by atoms with Gasteiger partial charge in [0.05, 0.1) is 0 Å². The number of nitrogens with one attached hydrogen (secondary N) is 1. The first kappa shape index (κ1) is 9.65. The predicted octanol–water partition coefficient (Wildman–Crippen LogP) is 1.12. The molecule has 0 aromatic rings. The Bertz CT molecular complexity index is 201. The molecule has 0 bridgehead atoms. The summed E-state index contributed by atoms with van der Waals surface area (Å²) in [6.45, 7) is 8.88. The van der Waals surface area contributed by atoms with Crippen LogP contribution < -0.4 is 11.3 Å². The Kier molecular flexibility index (Phi) is 4.77. The lowest BCUT2D eigenvalue weighted by Crippen LogP contribution is -2.20. The summed E-state index contributed by atoms with van der Waals surface area (Å²) in [6.07, 6.45) is 5.23. The zero-order valence-corrected chi connectivity index (χ0v) is 6.67. The van der Waals surface area contributed by atoms with Crippen LogP contribution in [0.2, 0.25) is 0 Å². The molecule has 0 unspecified atom stereocenters. The highest BCUT2D eigenvalue weighted by atomic mass is 15.2. The van der Waals surface area contributed by atoms with Crippen molar-refractivity contribution in [1.29, 1.82) is 0 Å². The fraction of sp³-hybridized carbons (Fsp3) is 0.125. The number of aliphatic imine (C=N–C) groups is 1. The lowest BCUT2D eigenvalue weighted by Gasteiger charge is -2.03. The maximum atomic E-state index is 5.15. The average Bonchev–Trinajstić information content (AvgIpc) is 2.05. The molecule has 0 saturated carbocycles. The third kappa shape index (κ3) is 3.37. The molecular weight excluding hydrogens is 138 g/mol. The summed E-state index contributed by atoms with van der Waals surface area (Å²) in [5.74, 6) is 5.15. The van der Waals surface area contributed by atoms with E-state index in [2.05, 4.69) is 23.7 Å². The van der Waals surface area contributed by atoms with Gasteiger partial charge in [0.15, 0.2) is 0 Å². The van der Waals surface area contributed by atoms with Crippen LogP contribution in [0.3, 0.4) is 0 Å². The second-order valence-electron chi connectivity index (χ2n) is 1.87. The van der Waals surface area contributed by atoms with Gasteiger partial charge in [0, 0.05) is 11.9 Å². The van der Waals surface area contributed by atoms with Crippen molar-refractivity contribution < 1.29 is 0 Å². The van der Waals surface area contributed by atoms with Gasteiger partial charge in [-0.05, 0) is 25.3 Å². The molecule has 0 aromatic carbocycles. The van der Waals surface area contributed by atoms with Crippen LogP contribution in [0.25, 0.3) is 0 Å². The highest BCUT2D eigenvalue weighted by Gasteiger charge is 1.92. The Morgan fingerprint density at radius 3 is 2.64 bits per heavy atom. The van der Waals surface area contributed by atoms with Crippen molar-refractivity contribution in [2.75, 3.05) is 0 Å². The summed E-state index contributed by atoms with van der Waals surface area (Å²) in [5, 5.41) is 0. The largest absolute Gasteiger partial charge is 0.324 e. The molecule has 0 saturated heterocycles. The molecule has 11 heavy (non-hydrogen) atoms. The summed E-state index contributed by atoms with van der Waals surface area (Å²) < 4.78 is 0. The summed E-state index contributed by atoms with van der Waals surface area (Å²) in [4.78, 5) is 3.56. The monoisotopic (exact) mass is 151 g/mol. The van der Waals surface area contributed by atoms with E-state index in [-0.39, 0.29) is 0 Å². The van der Waals surface area contributed by atoms with Crippen molar-refractivity contribution in [3.8, 4) is 0 Å². The first-order valence-electron chi connectivity index (χ1n) is 3.20. The summed E-state index contributed by atoms with van der Waals surface area (Å²) >= 11 is 0. The number of allylic oxidation sites excluding steroid dienone is 2. The van der Waals surface area contributed by atoms with Gasteiger partial charge in [-0.1, -0.05) is 12.7 Å². The van der Waals surface area contributed by atoms with E-state index in [1.165, 1.54) is 0 Å². The molecule has 0 aliphatic heterocycles. The third-order valence-corrected chi connectivity index (χ3v) is 1.19. The number of hydrogen-bond donors (Lipinski definition) is 2. The molecule has 3 nitrogen and oxygen atoms in total. The van der Waals surface area contributed by atoms with Gasteiger partial charge in [-0.25, -0.2) is 0 Å². The van der Waals surface area contributed by atoms with Crippen LogP contribution in [-0.4, -0.2) is 6.72 Å². The number of nitrogens with zero attached hydrogens (tertiary/aromatic N) is 1. The first-order chi connectivity index (χ1) is 5.26. The van der Waals surface area contributed by atoms with Gasteiger partial charge in [-0.3, -0.25) is 10.8 Å². The van der Waals surface area contributed by atoms with Gasteiger partial charge < -0.3 is 5.43 Å². The third-order valence-electron chi connectivity index (χ3n) is 1.19. The van der Waals surface area contributed by atoms with E-state index >= 15 is 0 Å². The van der Waals surface area contributed by atoms with E-state index in [1.54, 1.807) is 12.3 Å². The minimum atomic E-state index is 0.660. The zero-order chi connectivity index (χ0) is 8.69. The van der Waals surface area contributed by atoms with Crippen LogP contribution in [-0.2, 0) is 0 Å². The van der Waals surface area contributed by atoms with Crippen molar-refractivity contribution in [3.63, 3.8) is 0 Å². The van der Waals surface area contributed by atoms with Gasteiger partial charge in [0.25, 0.3) is 0 Å². The van der Waals surface area contributed by atoms with Crippen molar-refractivity contribution >= 4 is 6.72 Å². The minimum absolute atomic E-state index is 0.660. The molecule has 0 aliphatic rings. The number of hydrogen-bond acceptors (Lipinski definition) is 3. The van der Waals surface area contributed by atoms with E-state index < -0.39 is 0 Å². The van der Waals surface area contributed by atoms with Crippen molar-refractivity contribution in [2.24, 2.45) is 10.8 Å². The second kappa shape index (κ2) is 5.44. The Morgan fingerprint density at radius 2 is 2.27 bits per heavy atom. The van der Waals surface area contributed by atoms with Gasteiger partial charge >= 0.3 is 0 Å². The smallest absolute Gasteiger partial charge is 0.0482 e. The van der Waals surface area contributed by atoms with Crippen LogP contribution in [0, 0.1) is 0 Å². The van der Waals surface area contributed by atoms with Crippen molar-refractivity contribution in [2.45, 2.75) is 6.92 Å². The molecule has 3 heteroatoms. The predicted molar refractivity (Wildman–Crippen MR) is 48.9 cm³/mol. The summed E-state index contributed by atoms with van der Waals surface area (Å²) in [5.41, 5.74) is 4.01. The molecule has 0 spiro atoms. The Morgan fingerprint density at radius 1 is 1.64 bits per heavy atom. The Hall–Kier alpha value is -1.35. The lowest BCUT2D eigenvalue weighted by atomic mass is 10.2. The van der Waals surface area contributed by atoms with Crippen LogP contribution >= 0.6 is 0 Å². The van der Waals surface area contributed by atoms with E-state index in [0.717, 1.165) is 5.57 Å². The number of hydrazine groups is 1. The molecule has 0 aliphatic carbocycles. The molecule has 60 valence electrons. The van der Waals surface area contributed by atoms with Crippen molar-refractivity contribution in [1.82, 2.24) is 5.43 Å². The van der Waals surface area contributed by atoms with Crippen LogP contribution in [0.1, 0.15) is 6.92 Å². The SMILES string of the molecule is C=N/C=C\C(=C/C)C(=C)NN. The summed E-state index contributed by atoms with van der Waals surface area (Å²) in [6, 6.07) is 0. The molecule has 0 radical (unpaired) electrons. The molecule has 3 N–H and O–H groups in total. The topological polar surface area (TPSA) is 50.4 Å². The molecule has 0 heterocycles. The van der Waals surface area contributed by atoms with E-state index in [1.807, 2.05) is 13.0 Å². The Balaban J connectivity index is 4.31. The fourth-order valence-electron chi connectivity index (χ4n) is 0.587. The van der Waals surface area contributed by atoms with Crippen LogP contribution in [0.5, 0.6) is 0 Å². The van der Waals surface area contributed by atoms with Gasteiger partial charge in [-0.15, -0.1) is 0 Å². The van der Waals surface area contributed by atoms with Gasteiger partial charge in [-0.2, -0.15) is 0 Å². The van der Waals surface area contributed by atoms with Crippen LogP contribution in [0.15, 0.2) is 41.2 Å². The lowest BCUT2D eigenvalue weighted by molar-refractivity contribution is 0.908. The average molecular weight is 151 g/mol. The normalized spacial score (nSPS) is 11.6. The standard InChI is InChI=1S/C8H13N3/c1-4-8(5-6-10-3)7(2)11-9/h4-6,11H,2-3,9H2,1H3/b6-5-,8-4+. The fourth-order valence-corrected chi connectivity index (χ4v) is 0.587. The summed E-state index contributed by atoms with van der Waals surface area (Å²) in [7, 11) is 0. The highest BCUT2D eigenvalue weighted by Crippen LogP contribution is 2.04. The maximum absolute atomic E-state index is 5.15. The molecule has 0 atom stereocenters. The molecule has 0 fully saturated rings. The maximum Gasteiger partial charge on any atom is 0.0482 e. The number of rotatable bonds is 4. The number of nitrogens with two attached hydrogens (primary N) is 1. The minimum Gasteiger partial charge on any atom is -0.324 e.